The van der Waals surface area contributed by atoms with E-state index in [1.165, 1.54) is 29.6 Å². The van der Waals surface area contributed by atoms with Crippen LogP contribution < -0.4 is 0 Å². The first kappa shape index (κ1) is 18.0. The predicted octanol–water partition coefficient (Wildman–Crippen LogP) is 6.47. The second-order valence-electron chi connectivity index (χ2n) is 4.67. The van der Waals surface area contributed by atoms with Gasteiger partial charge in [0.15, 0.2) is 0 Å². The van der Waals surface area contributed by atoms with Crippen LogP contribution in [0.4, 0.5) is 0 Å². The van der Waals surface area contributed by atoms with E-state index in [-0.39, 0.29) is 0 Å². The van der Waals surface area contributed by atoms with Crippen LogP contribution >= 0.6 is 0 Å². The van der Waals surface area contributed by atoms with Crippen molar-refractivity contribution in [1.29, 1.82) is 0 Å². The number of allylic oxidation sites excluding steroid dienone is 7. The fourth-order valence-corrected chi connectivity index (χ4v) is 2.56. The molecule has 0 nitrogen and oxygen atoms in total. The molecule has 0 aromatic heterocycles. The van der Waals surface area contributed by atoms with E-state index in [2.05, 4.69) is 44.7 Å². The summed E-state index contributed by atoms with van der Waals surface area (Å²) in [5, 5.41) is 0. The lowest BCUT2D eigenvalue weighted by atomic mass is 9.94. The van der Waals surface area contributed by atoms with E-state index in [0.29, 0.717) is 11.8 Å². The van der Waals surface area contributed by atoms with Gasteiger partial charge in [0.2, 0.25) is 0 Å². The van der Waals surface area contributed by atoms with E-state index in [1.807, 2.05) is 27.7 Å². The molecule has 0 spiro atoms. The summed E-state index contributed by atoms with van der Waals surface area (Å²) in [5.74, 6) is 1.24. The normalized spacial score (nSPS) is 24.0. The van der Waals surface area contributed by atoms with Crippen LogP contribution in [0.15, 0.2) is 47.6 Å². The van der Waals surface area contributed by atoms with Crippen molar-refractivity contribution in [2.75, 3.05) is 0 Å². The quantitative estimate of drug-likeness (QED) is 0.499. The zero-order valence-electron chi connectivity index (χ0n) is 13.8. The summed E-state index contributed by atoms with van der Waals surface area (Å²) >= 11 is 0. The van der Waals surface area contributed by atoms with Crippen LogP contribution in [0.2, 0.25) is 0 Å². The molecule has 19 heavy (non-hydrogen) atoms. The minimum atomic E-state index is 0.607. The Morgan fingerprint density at radius 3 is 2.37 bits per heavy atom. The van der Waals surface area contributed by atoms with Crippen LogP contribution in [0, 0.1) is 11.8 Å². The molecular weight excluding hydrogens is 228 g/mol. The van der Waals surface area contributed by atoms with E-state index < -0.39 is 0 Å². The van der Waals surface area contributed by atoms with Gasteiger partial charge in [-0.2, -0.15) is 0 Å². The Labute approximate surface area is 121 Å². The molecule has 108 valence electrons. The summed E-state index contributed by atoms with van der Waals surface area (Å²) in [5.41, 5.74) is 4.12. The maximum atomic E-state index is 4.19. The Bertz CT molecular complexity index is 352. The third-order valence-electron chi connectivity index (χ3n) is 3.46. The smallest absolute Gasteiger partial charge is 0.00612 e. The van der Waals surface area contributed by atoms with Crippen molar-refractivity contribution >= 4 is 0 Å². The van der Waals surface area contributed by atoms with Gasteiger partial charge in [-0.15, -0.1) is 0 Å². The molecule has 2 unspecified atom stereocenters. The summed E-state index contributed by atoms with van der Waals surface area (Å²) < 4.78 is 0. The third kappa shape index (κ3) is 4.86. The molecule has 2 aliphatic carbocycles. The van der Waals surface area contributed by atoms with Crippen molar-refractivity contribution in [2.45, 2.75) is 60.8 Å². The highest BCUT2D eigenvalue weighted by atomic mass is 14.3. The molecule has 0 heteroatoms. The molecule has 0 N–H and O–H groups in total. The summed E-state index contributed by atoms with van der Waals surface area (Å²) in [4.78, 5) is 0. The maximum Gasteiger partial charge on any atom is 0.00612 e. The molecule has 0 saturated carbocycles. The van der Waals surface area contributed by atoms with Gasteiger partial charge in [0, 0.05) is 5.92 Å². The first-order valence-corrected chi connectivity index (χ1v) is 7.98. The molecule has 0 amide bonds. The standard InChI is InChI=1S/C15H20.2C2H6/c1-4-6-13-7-5-8-14-9-11(2)12(3)15(14)10-13;2*1-2/h5,7,9-10,13-14H,3-4,6,8H2,1-2H3;2*1-2H3. The van der Waals surface area contributed by atoms with E-state index in [4.69, 9.17) is 0 Å². The van der Waals surface area contributed by atoms with Gasteiger partial charge < -0.3 is 0 Å². The molecule has 0 aromatic carbocycles. The topological polar surface area (TPSA) is 0 Å². The van der Waals surface area contributed by atoms with Crippen molar-refractivity contribution in [1.82, 2.24) is 0 Å². The van der Waals surface area contributed by atoms with Crippen molar-refractivity contribution < 1.29 is 0 Å². The SMILES string of the molecule is C=C1C(C)=CC2CC=CC(CCC)C=C12.CC.CC. The lowest BCUT2D eigenvalue weighted by Crippen LogP contribution is -1.97. The van der Waals surface area contributed by atoms with Gasteiger partial charge in [-0.3, -0.25) is 0 Å². The third-order valence-corrected chi connectivity index (χ3v) is 3.46. The molecule has 0 heterocycles. The van der Waals surface area contributed by atoms with E-state index >= 15 is 0 Å². The van der Waals surface area contributed by atoms with E-state index in [9.17, 15) is 0 Å². The Kier molecular flexibility index (Phi) is 9.30. The molecule has 2 aliphatic rings. The highest BCUT2D eigenvalue weighted by molar-refractivity contribution is 5.53. The van der Waals surface area contributed by atoms with Gasteiger partial charge in [0.1, 0.15) is 0 Å². The Morgan fingerprint density at radius 1 is 1.16 bits per heavy atom. The summed E-state index contributed by atoms with van der Waals surface area (Å²) in [6.45, 7) is 16.6. The lowest BCUT2D eigenvalue weighted by molar-refractivity contribution is 0.687. The first-order valence-electron chi connectivity index (χ1n) is 7.98. The molecular formula is C19H32. The van der Waals surface area contributed by atoms with E-state index in [1.54, 1.807) is 0 Å². The highest BCUT2D eigenvalue weighted by Gasteiger charge is 2.23. The summed E-state index contributed by atoms with van der Waals surface area (Å²) in [6.07, 6.45) is 13.2. The number of hydrogen-bond donors (Lipinski definition) is 0. The van der Waals surface area contributed by atoms with Gasteiger partial charge >= 0.3 is 0 Å². The van der Waals surface area contributed by atoms with Crippen LogP contribution in [0.5, 0.6) is 0 Å². The van der Waals surface area contributed by atoms with Crippen molar-refractivity contribution in [3.8, 4) is 0 Å². The van der Waals surface area contributed by atoms with Crippen LogP contribution in [0.3, 0.4) is 0 Å². The monoisotopic (exact) mass is 260 g/mol. The first-order chi connectivity index (χ1) is 9.22. The van der Waals surface area contributed by atoms with Gasteiger partial charge in [-0.1, -0.05) is 71.9 Å². The second kappa shape index (κ2) is 9.83. The summed E-state index contributed by atoms with van der Waals surface area (Å²) in [6, 6.07) is 0. The molecule has 0 fully saturated rings. The van der Waals surface area contributed by atoms with E-state index in [0.717, 1.165) is 6.42 Å². The van der Waals surface area contributed by atoms with Crippen molar-refractivity contribution in [2.24, 2.45) is 11.8 Å². The van der Waals surface area contributed by atoms with Crippen LogP contribution in [0.1, 0.15) is 60.8 Å². The Hall–Kier alpha value is -1.04. The van der Waals surface area contributed by atoms with Crippen LogP contribution in [-0.4, -0.2) is 0 Å². The second-order valence-corrected chi connectivity index (χ2v) is 4.67. The molecule has 0 saturated heterocycles. The molecule has 0 radical (unpaired) electrons. The largest absolute Gasteiger partial charge is 0.0912 e. The average molecular weight is 260 g/mol. The number of fused-ring (bicyclic) bond motifs is 1. The molecule has 0 aromatic rings. The van der Waals surface area contributed by atoms with Crippen molar-refractivity contribution in [3.05, 3.63) is 47.6 Å². The molecule has 0 bridgehead atoms. The molecule has 2 rings (SSSR count). The maximum absolute atomic E-state index is 4.19. The fraction of sp³-hybridized carbons (Fsp3) is 0.579. The van der Waals surface area contributed by atoms with Gasteiger partial charge in [0.05, 0.1) is 0 Å². The van der Waals surface area contributed by atoms with Gasteiger partial charge in [0.25, 0.3) is 0 Å². The number of hydrogen-bond acceptors (Lipinski definition) is 0. The Balaban J connectivity index is 0.000000741. The average Bonchev–Trinajstić information content (AvgIpc) is 2.61. The zero-order chi connectivity index (χ0) is 14.8. The lowest BCUT2D eigenvalue weighted by Gasteiger charge is -2.10. The zero-order valence-corrected chi connectivity index (χ0v) is 13.8. The fourth-order valence-electron chi connectivity index (χ4n) is 2.56. The highest BCUT2D eigenvalue weighted by Crippen LogP contribution is 2.39. The van der Waals surface area contributed by atoms with Crippen LogP contribution in [0.25, 0.3) is 0 Å². The minimum absolute atomic E-state index is 0.607. The molecule has 2 atom stereocenters. The predicted molar refractivity (Wildman–Crippen MR) is 89.3 cm³/mol. The Morgan fingerprint density at radius 2 is 1.79 bits per heavy atom. The van der Waals surface area contributed by atoms with Gasteiger partial charge in [-0.25, -0.2) is 0 Å². The molecule has 0 aliphatic heterocycles. The van der Waals surface area contributed by atoms with Crippen molar-refractivity contribution in [3.63, 3.8) is 0 Å². The summed E-state index contributed by atoms with van der Waals surface area (Å²) in [7, 11) is 0. The minimum Gasteiger partial charge on any atom is -0.0912 e. The number of rotatable bonds is 2. The van der Waals surface area contributed by atoms with Gasteiger partial charge in [-0.05, 0) is 42.4 Å². The van der Waals surface area contributed by atoms with Crippen LogP contribution in [-0.2, 0) is 0 Å².